The Morgan fingerprint density at radius 2 is 1.90 bits per heavy atom. The fourth-order valence-electron chi connectivity index (χ4n) is 3.93. The third-order valence-corrected chi connectivity index (χ3v) is 5.45. The molecule has 4 aromatic rings. The van der Waals surface area contributed by atoms with Gasteiger partial charge >= 0.3 is 0 Å². The van der Waals surface area contributed by atoms with Crippen molar-refractivity contribution in [1.29, 1.82) is 0 Å². The Morgan fingerprint density at radius 3 is 2.69 bits per heavy atom. The van der Waals surface area contributed by atoms with Gasteiger partial charge in [-0.25, -0.2) is 13.8 Å². The predicted octanol–water partition coefficient (Wildman–Crippen LogP) is 4.48. The summed E-state index contributed by atoms with van der Waals surface area (Å²) >= 11 is 0. The predicted molar refractivity (Wildman–Crippen MR) is 104 cm³/mol. The number of aromatic nitrogens is 5. The van der Waals surface area contributed by atoms with Gasteiger partial charge in [0.05, 0.1) is 16.7 Å². The van der Waals surface area contributed by atoms with Gasteiger partial charge in [-0.15, -0.1) is 10.2 Å². The lowest BCUT2D eigenvalue weighted by Gasteiger charge is -2.21. The van der Waals surface area contributed by atoms with Gasteiger partial charge in [0.2, 0.25) is 0 Å². The van der Waals surface area contributed by atoms with Gasteiger partial charge in [0.15, 0.2) is 5.65 Å². The molecule has 1 aromatic carbocycles. The molecule has 1 saturated heterocycles. The van der Waals surface area contributed by atoms with E-state index in [4.69, 9.17) is 4.74 Å². The summed E-state index contributed by atoms with van der Waals surface area (Å²) in [7, 11) is 0. The van der Waals surface area contributed by atoms with Gasteiger partial charge in [0.25, 0.3) is 6.43 Å². The van der Waals surface area contributed by atoms with Crippen LogP contribution in [0.4, 0.5) is 8.78 Å². The van der Waals surface area contributed by atoms with Gasteiger partial charge in [-0.05, 0) is 43.5 Å². The topological polar surface area (TPSA) is 65.2 Å². The lowest BCUT2D eigenvalue weighted by Crippen LogP contribution is -2.16. The molecule has 0 saturated carbocycles. The van der Waals surface area contributed by atoms with Crippen LogP contribution >= 0.6 is 0 Å². The normalized spacial score (nSPS) is 15.6. The molecule has 5 rings (SSSR count). The number of pyridine rings is 1. The van der Waals surface area contributed by atoms with E-state index in [2.05, 4.69) is 24.6 Å². The Kier molecular flexibility index (Phi) is 4.43. The number of hydrogen-bond acceptors (Lipinski definition) is 5. The quantitative estimate of drug-likeness (QED) is 0.512. The average molecular weight is 395 g/mol. The highest BCUT2D eigenvalue weighted by atomic mass is 19.3. The Bertz CT molecular complexity index is 1200. The summed E-state index contributed by atoms with van der Waals surface area (Å²) in [6.07, 6.45) is 2.02. The molecule has 0 bridgehead atoms. The van der Waals surface area contributed by atoms with Crippen molar-refractivity contribution in [3.8, 4) is 11.1 Å². The molecule has 4 heterocycles. The van der Waals surface area contributed by atoms with Crippen molar-refractivity contribution in [3.63, 3.8) is 0 Å². The van der Waals surface area contributed by atoms with E-state index in [0.717, 1.165) is 46.6 Å². The fourth-order valence-corrected chi connectivity index (χ4v) is 3.93. The van der Waals surface area contributed by atoms with Crippen LogP contribution in [0.3, 0.4) is 0 Å². The van der Waals surface area contributed by atoms with Crippen molar-refractivity contribution in [3.05, 3.63) is 53.7 Å². The largest absolute Gasteiger partial charge is 0.381 e. The molecular formula is C21H19F2N5O. The standard InChI is InChI=1S/C21H19F2N5O/c1-12-20-26-27-21(13-4-6-29-7-5-13)28(20)18-9-14(2-3-17(18)25-12)15-8-16(19(22)23)11-24-10-15/h2-3,8-11,13,19H,4-7H2,1H3. The SMILES string of the molecule is Cc1nc2ccc(-c3cncc(C(F)F)c3)cc2n2c(C3CCOCC3)nnc12. The van der Waals surface area contributed by atoms with E-state index >= 15 is 0 Å². The maximum Gasteiger partial charge on any atom is 0.265 e. The number of halogens is 2. The van der Waals surface area contributed by atoms with E-state index in [9.17, 15) is 8.78 Å². The van der Waals surface area contributed by atoms with Crippen LogP contribution in [0.1, 0.15) is 42.3 Å². The average Bonchev–Trinajstić information content (AvgIpc) is 3.20. The summed E-state index contributed by atoms with van der Waals surface area (Å²) in [6, 6.07) is 7.21. The molecule has 0 spiro atoms. The number of alkyl halides is 2. The number of ether oxygens (including phenoxy) is 1. The highest BCUT2D eigenvalue weighted by Gasteiger charge is 2.23. The van der Waals surface area contributed by atoms with Crippen molar-refractivity contribution in [2.75, 3.05) is 13.2 Å². The van der Waals surface area contributed by atoms with E-state index in [1.807, 2.05) is 25.1 Å². The Balaban J connectivity index is 1.72. The van der Waals surface area contributed by atoms with Crippen LogP contribution in [0.5, 0.6) is 0 Å². The van der Waals surface area contributed by atoms with Gasteiger partial charge in [0, 0.05) is 42.7 Å². The molecule has 29 heavy (non-hydrogen) atoms. The number of nitrogens with zero attached hydrogens (tertiary/aromatic N) is 5. The number of hydrogen-bond donors (Lipinski definition) is 0. The molecule has 0 amide bonds. The van der Waals surface area contributed by atoms with E-state index in [1.165, 1.54) is 12.3 Å². The van der Waals surface area contributed by atoms with Crippen molar-refractivity contribution >= 4 is 16.7 Å². The first-order valence-corrected chi connectivity index (χ1v) is 9.58. The third kappa shape index (κ3) is 3.13. The van der Waals surface area contributed by atoms with Crippen LogP contribution in [-0.2, 0) is 4.74 Å². The van der Waals surface area contributed by atoms with Crippen molar-refractivity contribution in [2.45, 2.75) is 32.1 Å². The minimum absolute atomic E-state index is 0.0954. The monoisotopic (exact) mass is 395 g/mol. The summed E-state index contributed by atoms with van der Waals surface area (Å²) in [4.78, 5) is 8.64. The zero-order valence-electron chi connectivity index (χ0n) is 15.8. The summed E-state index contributed by atoms with van der Waals surface area (Å²) in [5, 5.41) is 8.86. The summed E-state index contributed by atoms with van der Waals surface area (Å²) < 4.78 is 33.8. The maximum atomic E-state index is 13.1. The van der Waals surface area contributed by atoms with E-state index in [0.29, 0.717) is 18.8 Å². The van der Waals surface area contributed by atoms with Crippen LogP contribution in [0.2, 0.25) is 0 Å². The summed E-state index contributed by atoms with van der Waals surface area (Å²) in [5.74, 6) is 1.16. The second kappa shape index (κ2) is 7.11. The van der Waals surface area contributed by atoms with Crippen LogP contribution < -0.4 is 0 Å². The highest BCUT2D eigenvalue weighted by Crippen LogP contribution is 2.31. The first kappa shape index (κ1) is 18.1. The minimum Gasteiger partial charge on any atom is -0.381 e. The summed E-state index contributed by atoms with van der Waals surface area (Å²) in [6.45, 7) is 3.33. The Labute approximate surface area is 165 Å². The Hall–Kier alpha value is -3.00. The molecule has 148 valence electrons. The van der Waals surface area contributed by atoms with Gasteiger partial charge in [-0.1, -0.05) is 6.07 Å². The molecule has 8 heteroatoms. The zero-order valence-corrected chi connectivity index (χ0v) is 15.8. The molecule has 0 unspecified atom stereocenters. The van der Waals surface area contributed by atoms with Crippen molar-refractivity contribution in [2.24, 2.45) is 0 Å². The van der Waals surface area contributed by atoms with Gasteiger partial charge in [-0.2, -0.15) is 0 Å². The number of rotatable bonds is 3. The molecule has 3 aromatic heterocycles. The van der Waals surface area contributed by atoms with E-state index in [1.54, 1.807) is 6.20 Å². The molecule has 0 aliphatic carbocycles. The molecule has 0 radical (unpaired) electrons. The fraction of sp³-hybridized carbons (Fsp3) is 0.333. The van der Waals surface area contributed by atoms with Gasteiger partial charge in [0.1, 0.15) is 5.82 Å². The smallest absolute Gasteiger partial charge is 0.265 e. The molecular weight excluding hydrogens is 376 g/mol. The molecule has 1 fully saturated rings. The van der Waals surface area contributed by atoms with Crippen LogP contribution in [0.15, 0.2) is 36.7 Å². The molecule has 0 atom stereocenters. The van der Waals surface area contributed by atoms with E-state index < -0.39 is 6.43 Å². The Morgan fingerprint density at radius 1 is 1.07 bits per heavy atom. The second-order valence-corrected chi connectivity index (χ2v) is 7.31. The van der Waals surface area contributed by atoms with Crippen LogP contribution in [-0.4, -0.2) is 37.8 Å². The first-order valence-electron chi connectivity index (χ1n) is 9.58. The highest BCUT2D eigenvalue weighted by molar-refractivity contribution is 5.84. The lowest BCUT2D eigenvalue weighted by molar-refractivity contribution is 0.0834. The van der Waals surface area contributed by atoms with E-state index in [-0.39, 0.29) is 11.5 Å². The third-order valence-electron chi connectivity index (χ3n) is 5.45. The first-order chi connectivity index (χ1) is 14.1. The molecule has 1 aliphatic heterocycles. The maximum absolute atomic E-state index is 13.1. The second-order valence-electron chi connectivity index (χ2n) is 7.31. The molecule has 1 aliphatic rings. The van der Waals surface area contributed by atoms with Crippen molar-refractivity contribution in [1.82, 2.24) is 24.6 Å². The van der Waals surface area contributed by atoms with Crippen molar-refractivity contribution < 1.29 is 13.5 Å². The number of benzene rings is 1. The van der Waals surface area contributed by atoms with Gasteiger partial charge in [-0.3, -0.25) is 9.38 Å². The minimum atomic E-state index is -2.56. The van der Waals surface area contributed by atoms with Crippen LogP contribution in [0, 0.1) is 6.92 Å². The lowest BCUT2D eigenvalue weighted by atomic mass is 9.99. The number of aryl methyl sites for hydroxylation is 1. The molecule has 0 N–H and O–H groups in total. The zero-order chi connectivity index (χ0) is 20.0. The number of fused-ring (bicyclic) bond motifs is 3. The van der Waals surface area contributed by atoms with Gasteiger partial charge < -0.3 is 4.74 Å². The summed E-state index contributed by atoms with van der Waals surface area (Å²) in [5.41, 5.74) is 4.53. The molecule has 6 nitrogen and oxygen atoms in total. The van der Waals surface area contributed by atoms with Crippen LogP contribution in [0.25, 0.3) is 27.8 Å².